The van der Waals surface area contributed by atoms with Gasteiger partial charge in [0.2, 0.25) is 5.12 Å². The monoisotopic (exact) mass is 259 g/mol. The molecule has 1 fully saturated rings. The van der Waals surface area contributed by atoms with Gasteiger partial charge in [0.15, 0.2) is 0 Å². The third-order valence-electron chi connectivity index (χ3n) is 3.72. The number of hydrogen-bond acceptors (Lipinski definition) is 2. The van der Waals surface area contributed by atoms with Crippen LogP contribution in [0.4, 0.5) is 0 Å². The Balaban J connectivity index is 3.03. The number of thiol groups is 1. The molecule has 0 heterocycles. The first-order valence-electron chi connectivity index (χ1n) is 6.36. The highest BCUT2D eigenvalue weighted by molar-refractivity contribution is 7.96. The van der Waals surface area contributed by atoms with Crippen molar-refractivity contribution in [3.63, 3.8) is 0 Å². The minimum absolute atomic E-state index is 0.0940. The molecule has 94 valence electrons. The molecular formula is C12H25NOSSi. The zero-order valence-electron chi connectivity index (χ0n) is 11.0. The number of likely N-dealkylation sites (N-methyl/N-ethyl adjacent to an activating group) is 1. The molecule has 0 aromatic rings. The SMILES string of the molecule is CCN(C1(C(=O)S)CCCCC1)[Si](C)(C)C. The summed E-state index contributed by atoms with van der Waals surface area (Å²) in [6.45, 7) is 10.1. The van der Waals surface area contributed by atoms with Crippen molar-refractivity contribution in [2.75, 3.05) is 6.54 Å². The average molecular weight is 259 g/mol. The first-order valence-corrected chi connectivity index (χ1v) is 10.2. The Morgan fingerprint density at radius 2 is 1.75 bits per heavy atom. The van der Waals surface area contributed by atoms with E-state index in [0.717, 1.165) is 19.4 Å². The van der Waals surface area contributed by atoms with Crippen LogP contribution in [-0.4, -0.2) is 30.0 Å². The molecule has 1 aliphatic rings. The Kier molecular flexibility index (Phi) is 4.66. The third kappa shape index (κ3) is 2.71. The molecule has 0 amide bonds. The first kappa shape index (κ1) is 14.3. The van der Waals surface area contributed by atoms with E-state index in [1.165, 1.54) is 19.3 Å². The predicted molar refractivity (Wildman–Crippen MR) is 75.5 cm³/mol. The van der Waals surface area contributed by atoms with Gasteiger partial charge in [-0.3, -0.25) is 4.79 Å². The molecular weight excluding hydrogens is 234 g/mol. The molecule has 1 aliphatic carbocycles. The molecule has 0 aromatic carbocycles. The minimum Gasteiger partial charge on any atom is -0.312 e. The zero-order chi connectivity index (χ0) is 12.4. The second-order valence-electron chi connectivity index (χ2n) is 5.81. The first-order chi connectivity index (χ1) is 7.34. The van der Waals surface area contributed by atoms with Gasteiger partial charge in [0.05, 0.1) is 5.54 Å². The van der Waals surface area contributed by atoms with Crippen molar-refractivity contribution in [2.24, 2.45) is 0 Å². The van der Waals surface area contributed by atoms with E-state index in [2.05, 4.69) is 43.8 Å². The lowest BCUT2D eigenvalue weighted by molar-refractivity contribution is -0.121. The van der Waals surface area contributed by atoms with Crippen LogP contribution in [0.15, 0.2) is 0 Å². The summed E-state index contributed by atoms with van der Waals surface area (Å²) in [7, 11) is -1.45. The molecule has 0 N–H and O–H groups in total. The molecule has 0 atom stereocenters. The quantitative estimate of drug-likeness (QED) is 0.617. The molecule has 1 rings (SSSR count). The Morgan fingerprint density at radius 3 is 2.06 bits per heavy atom. The van der Waals surface area contributed by atoms with Crippen LogP contribution >= 0.6 is 12.6 Å². The maximum Gasteiger partial charge on any atom is 0.205 e. The molecule has 0 bridgehead atoms. The lowest BCUT2D eigenvalue weighted by atomic mass is 9.82. The minimum atomic E-state index is -1.45. The van der Waals surface area contributed by atoms with E-state index in [1.807, 2.05) is 0 Å². The summed E-state index contributed by atoms with van der Waals surface area (Å²) < 4.78 is 2.48. The summed E-state index contributed by atoms with van der Waals surface area (Å²) in [5.41, 5.74) is -0.249. The van der Waals surface area contributed by atoms with Gasteiger partial charge in [0.1, 0.15) is 8.24 Å². The van der Waals surface area contributed by atoms with Gasteiger partial charge < -0.3 is 4.57 Å². The van der Waals surface area contributed by atoms with Crippen molar-refractivity contribution < 1.29 is 4.79 Å². The van der Waals surface area contributed by atoms with Crippen LogP contribution < -0.4 is 0 Å². The fraction of sp³-hybridized carbons (Fsp3) is 0.917. The zero-order valence-corrected chi connectivity index (χ0v) is 12.9. The van der Waals surface area contributed by atoms with Gasteiger partial charge in [-0.25, -0.2) is 0 Å². The van der Waals surface area contributed by atoms with E-state index >= 15 is 0 Å². The lowest BCUT2D eigenvalue weighted by Crippen LogP contribution is -2.63. The molecule has 1 saturated carbocycles. The fourth-order valence-corrected chi connectivity index (χ4v) is 6.15. The number of carbonyl (C=O) groups excluding carboxylic acids is 1. The standard InChI is InChI=1S/C12H25NOSSi/c1-5-13(16(2,3)4)12(11(14)15)9-7-6-8-10-12/h5-10H2,1-4H3,(H,14,15). The molecule has 0 aliphatic heterocycles. The Labute approximate surface area is 106 Å². The Bertz CT molecular complexity index is 256. The van der Waals surface area contributed by atoms with Gasteiger partial charge in [0.25, 0.3) is 0 Å². The lowest BCUT2D eigenvalue weighted by Gasteiger charge is -2.50. The van der Waals surface area contributed by atoms with Gasteiger partial charge in [-0.1, -0.05) is 45.8 Å². The number of carbonyl (C=O) groups is 1. The average Bonchev–Trinajstić information content (AvgIpc) is 2.17. The fourth-order valence-electron chi connectivity index (χ4n) is 3.15. The summed E-state index contributed by atoms with van der Waals surface area (Å²) in [6, 6.07) is 0. The summed E-state index contributed by atoms with van der Waals surface area (Å²) in [4.78, 5) is 12.0. The highest BCUT2D eigenvalue weighted by Gasteiger charge is 2.46. The normalized spacial score (nSPS) is 21.1. The van der Waals surface area contributed by atoms with E-state index < -0.39 is 8.24 Å². The summed E-state index contributed by atoms with van der Waals surface area (Å²) in [5, 5.41) is 0.0940. The van der Waals surface area contributed by atoms with Crippen LogP contribution in [0.25, 0.3) is 0 Å². The van der Waals surface area contributed by atoms with Crippen molar-refractivity contribution >= 4 is 26.0 Å². The molecule has 0 spiro atoms. The second-order valence-corrected chi connectivity index (χ2v) is 11.1. The Hall–Kier alpha value is 0.197. The van der Waals surface area contributed by atoms with Crippen molar-refractivity contribution in [3.8, 4) is 0 Å². The van der Waals surface area contributed by atoms with Crippen LogP contribution in [0.2, 0.25) is 19.6 Å². The van der Waals surface area contributed by atoms with Crippen LogP contribution in [0.5, 0.6) is 0 Å². The van der Waals surface area contributed by atoms with Crippen molar-refractivity contribution in [1.82, 2.24) is 4.57 Å². The molecule has 16 heavy (non-hydrogen) atoms. The van der Waals surface area contributed by atoms with Crippen LogP contribution in [-0.2, 0) is 4.79 Å². The van der Waals surface area contributed by atoms with Crippen LogP contribution in [0, 0.1) is 0 Å². The van der Waals surface area contributed by atoms with Gasteiger partial charge in [-0.05, 0) is 19.4 Å². The number of hydrogen-bond donors (Lipinski definition) is 1. The van der Waals surface area contributed by atoms with Gasteiger partial charge in [0, 0.05) is 0 Å². The Morgan fingerprint density at radius 1 is 1.25 bits per heavy atom. The molecule has 0 saturated heterocycles. The second kappa shape index (κ2) is 5.23. The highest BCUT2D eigenvalue weighted by atomic mass is 32.1. The molecule has 0 unspecified atom stereocenters. The van der Waals surface area contributed by atoms with Crippen molar-refractivity contribution in [1.29, 1.82) is 0 Å². The molecule has 0 aromatic heterocycles. The molecule has 4 heteroatoms. The van der Waals surface area contributed by atoms with Crippen LogP contribution in [0.1, 0.15) is 39.0 Å². The summed E-state index contributed by atoms with van der Waals surface area (Å²) in [6.07, 6.45) is 5.63. The van der Waals surface area contributed by atoms with E-state index in [-0.39, 0.29) is 10.7 Å². The van der Waals surface area contributed by atoms with E-state index in [9.17, 15) is 4.79 Å². The van der Waals surface area contributed by atoms with Crippen molar-refractivity contribution in [3.05, 3.63) is 0 Å². The van der Waals surface area contributed by atoms with Gasteiger partial charge in [-0.2, -0.15) is 0 Å². The smallest absolute Gasteiger partial charge is 0.205 e. The van der Waals surface area contributed by atoms with E-state index in [4.69, 9.17) is 0 Å². The van der Waals surface area contributed by atoms with E-state index in [1.54, 1.807) is 0 Å². The summed E-state index contributed by atoms with van der Waals surface area (Å²) >= 11 is 4.19. The maximum atomic E-state index is 12.0. The number of rotatable bonds is 4. The highest BCUT2D eigenvalue weighted by Crippen LogP contribution is 2.38. The van der Waals surface area contributed by atoms with E-state index in [0.29, 0.717) is 0 Å². The topological polar surface area (TPSA) is 20.3 Å². The van der Waals surface area contributed by atoms with Crippen LogP contribution in [0.3, 0.4) is 0 Å². The predicted octanol–water partition coefficient (Wildman–Crippen LogP) is 3.30. The van der Waals surface area contributed by atoms with Gasteiger partial charge in [-0.15, -0.1) is 12.6 Å². The summed E-state index contributed by atoms with van der Waals surface area (Å²) in [5.74, 6) is 0. The number of nitrogens with zero attached hydrogens (tertiary/aromatic N) is 1. The third-order valence-corrected chi connectivity index (χ3v) is 6.50. The molecule has 2 nitrogen and oxygen atoms in total. The maximum absolute atomic E-state index is 12.0. The largest absolute Gasteiger partial charge is 0.312 e. The van der Waals surface area contributed by atoms with Gasteiger partial charge >= 0.3 is 0 Å². The van der Waals surface area contributed by atoms with Crippen molar-refractivity contribution in [2.45, 2.75) is 64.2 Å². The molecule has 0 radical (unpaired) electrons.